The van der Waals surface area contributed by atoms with Crippen LogP contribution in [0.2, 0.25) is 0 Å². The average Bonchev–Trinajstić information content (AvgIpc) is 1.94. The Morgan fingerprint density at radius 2 is 1.81 bits per heavy atom. The second kappa shape index (κ2) is 5.11. The molecule has 7 heteroatoms. The van der Waals surface area contributed by atoms with Crippen LogP contribution in [0.25, 0.3) is 0 Å². The maximum atomic E-state index is 11.9. The van der Waals surface area contributed by atoms with Gasteiger partial charge >= 0.3 is 5.97 Å². The van der Waals surface area contributed by atoms with Crippen LogP contribution in [0.4, 0.5) is 0 Å². The number of carbonyl (C=O) groups is 1. The summed E-state index contributed by atoms with van der Waals surface area (Å²) >= 11 is 0. The number of hydrogen-bond acceptors (Lipinski definition) is 3. The van der Waals surface area contributed by atoms with Gasteiger partial charge in [-0.3, -0.25) is 4.79 Å². The van der Waals surface area contributed by atoms with Gasteiger partial charge in [0.1, 0.15) is 6.54 Å². The minimum atomic E-state index is -3.77. The fourth-order valence-electron chi connectivity index (χ4n) is 1.17. The Balaban J connectivity index is 5.12. The second-order valence-electron chi connectivity index (χ2n) is 4.85. The average molecular weight is 252 g/mol. The van der Waals surface area contributed by atoms with Crippen molar-refractivity contribution in [3.8, 4) is 0 Å². The van der Waals surface area contributed by atoms with E-state index in [0.29, 0.717) is 0 Å². The van der Waals surface area contributed by atoms with Gasteiger partial charge < -0.3 is 5.11 Å². The van der Waals surface area contributed by atoms with Gasteiger partial charge in [-0.05, 0) is 34.6 Å². The second-order valence-corrected chi connectivity index (χ2v) is 6.48. The Hall–Kier alpha value is -0.660. The van der Waals surface area contributed by atoms with E-state index in [-0.39, 0.29) is 6.04 Å². The monoisotopic (exact) mass is 252 g/mol. The molecule has 0 saturated carbocycles. The van der Waals surface area contributed by atoms with Crippen molar-refractivity contribution in [2.24, 2.45) is 0 Å². The van der Waals surface area contributed by atoms with E-state index in [1.54, 1.807) is 34.6 Å². The van der Waals surface area contributed by atoms with Gasteiger partial charge in [0.2, 0.25) is 0 Å². The Labute approximate surface area is 96.8 Å². The van der Waals surface area contributed by atoms with Crippen molar-refractivity contribution in [3.05, 3.63) is 0 Å². The van der Waals surface area contributed by atoms with Gasteiger partial charge in [0.05, 0.1) is 0 Å². The predicted molar refractivity (Wildman–Crippen MR) is 61.3 cm³/mol. The van der Waals surface area contributed by atoms with Gasteiger partial charge in [-0.2, -0.15) is 17.4 Å². The van der Waals surface area contributed by atoms with Crippen LogP contribution in [0.1, 0.15) is 34.6 Å². The lowest BCUT2D eigenvalue weighted by Crippen LogP contribution is -2.53. The SMILES string of the molecule is CC(C)NS(=O)(=O)N(CC(=O)O)C(C)(C)C. The molecule has 0 radical (unpaired) electrons. The molecule has 0 aromatic heterocycles. The highest BCUT2D eigenvalue weighted by molar-refractivity contribution is 7.87. The molecule has 2 N–H and O–H groups in total. The fraction of sp³-hybridized carbons (Fsp3) is 0.889. The van der Waals surface area contributed by atoms with Crippen molar-refractivity contribution in [1.82, 2.24) is 9.03 Å². The van der Waals surface area contributed by atoms with Crippen LogP contribution in [0.3, 0.4) is 0 Å². The molecule has 0 aromatic rings. The van der Waals surface area contributed by atoms with Gasteiger partial charge in [0.25, 0.3) is 10.2 Å². The molecular formula is C9H20N2O4S. The van der Waals surface area contributed by atoms with Crippen LogP contribution in [0.5, 0.6) is 0 Å². The minimum Gasteiger partial charge on any atom is -0.480 e. The summed E-state index contributed by atoms with van der Waals surface area (Å²) in [5, 5.41) is 8.71. The molecule has 0 unspecified atom stereocenters. The quantitative estimate of drug-likeness (QED) is 0.742. The van der Waals surface area contributed by atoms with E-state index in [4.69, 9.17) is 5.11 Å². The normalized spacial score (nSPS) is 13.4. The Morgan fingerprint density at radius 1 is 1.38 bits per heavy atom. The van der Waals surface area contributed by atoms with Crippen molar-refractivity contribution < 1.29 is 18.3 Å². The molecule has 0 saturated heterocycles. The molecule has 0 heterocycles. The molecule has 0 aliphatic carbocycles. The Bertz CT molecular complexity index is 343. The third-order valence-corrected chi connectivity index (χ3v) is 3.73. The van der Waals surface area contributed by atoms with E-state index in [1.807, 2.05) is 0 Å². The lowest BCUT2D eigenvalue weighted by molar-refractivity contribution is -0.138. The molecule has 0 atom stereocenters. The molecule has 0 spiro atoms. The summed E-state index contributed by atoms with van der Waals surface area (Å²) in [5.74, 6) is -1.18. The maximum absolute atomic E-state index is 11.9. The molecule has 0 aliphatic rings. The van der Waals surface area contributed by atoms with Crippen molar-refractivity contribution in [2.45, 2.75) is 46.2 Å². The van der Waals surface area contributed by atoms with Crippen LogP contribution in [0, 0.1) is 0 Å². The lowest BCUT2D eigenvalue weighted by atomic mass is 10.1. The number of carboxylic acid groups (broad SMARTS) is 1. The van der Waals surface area contributed by atoms with Crippen LogP contribution < -0.4 is 4.72 Å². The minimum absolute atomic E-state index is 0.274. The largest absolute Gasteiger partial charge is 0.480 e. The van der Waals surface area contributed by atoms with Crippen LogP contribution in [0.15, 0.2) is 0 Å². The van der Waals surface area contributed by atoms with E-state index < -0.39 is 28.3 Å². The molecule has 0 aliphatic heterocycles. The summed E-state index contributed by atoms with van der Waals surface area (Å²) in [7, 11) is -3.77. The fourth-order valence-corrected chi connectivity index (χ4v) is 2.89. The van der Waals surface area contributed by atoms with Gasteiger partial charge in [-0.15, -0.1) is 0 Å². The first kappa shape index (κ1) is 15.3. The molecule has 0 amide bonds. The third kappa shape index (κ3) is 4.91. The number of hydrogen-bond donors (Lipinski definition) is 2. The lowest BCUT2D eigenvalue weighted by Gasteiger charge is -2.33. The van der Waals surface area contributed by atoms with Crippen molar-refractivity contribution in [2.75, 3.05) is 6.54 Å². The van der Waals surface area contributed by atoms with E-state index in [1.165, 1.54) is 0 Å². The van der Waals surface area contributed by atoms with Crippen LogP contribution >= 0.6 is 0 Å². The molecule has 96 valence electrons. The molecule has 16 heavy (non-hydrogen) atoms. The Morgan fingerprint density at radius 3 is 2.06 bits per heavy atom. The van der Waals surface area contributed by atoms with Gasteiger partial charge in [0, 0.05) is 11.6 Å². The first-order chi connectivity index (χ1) is 6.97. The summed E-state index contributed by atoms with van der Waals surface area (Å²) in [6.45, 7) is 7.75. The topological polar surface area (TPSA) is 86.7 Å². The van der Waals surface area contributed by atoms with E-state index >= 15 is 0 Å². The zero-order valence-corrected chi connectivity index (χ0v) is 11.1. The van der Waals surface area contributed by atoms with Crippen molar-refractivity contribution in [1.29, 1.82) is 0 Å². The number of aliphatic carboxylic acids is 1. The summed E-state index contributed by atoms with van der Waals surface area (Å²) in [6.07, 6.45) is 0. The van der Waals surface area contributed by atoms with E-state index in [0.717, 1.165) is 4.31 Å². The summed E-state index contributed by atoms with van der Waals surface area (Å²) in [6, 6.07) is -0.274. The zero-order chi connectivity index (χ0) is 13.1. The summed E-state index contributed by atoms with van der Waals surface area (Å²) in [4.78, 5) is 10.7. The number of nitrogens with one attached hydrogen (secondary N) is 1. The van der Waals surface area contributed by atoms with E-state index in [9.17, 15) is 13.2 Å². The summed E-state index contributed by atoms with van der Waals surface area (Å²) < 4.78 is 27.0. The highest BCUT2D eigenvalue weighted by Crippen LogP contribution is 2.16. The van der Waals surface area contributed by atoms with Gasteiger partial charge in [-0.25, -0.2) is 0 Å². The molecule has 0 aromatic carbocycles. The smallest absolute Gasteiger partial charge is 0.318 e. The van der Waals surface area contributed by atoms with Crippen molar-refractivity contribution >= 4 is 16.2 Å². The maximum Gasteiger partial charge on any atom is 0.318 e. The summed E-state index contributed by atoms with van der Waals surface area (Å²) in [5.41, 5.74) is -0.779. The van der Waals surface area contributed by atoms with Gasteiger partial charge in [0.15, 0.2) is 0 Å². The molecule has 0 rings (SSSR count). The van der Waals surface area contributed by atoms with Crippen LogP contribution in [-0.4, -0.2) is 41.9 Å². The highest BCUT2D eigenvalue weighted by Gasteiger charge is 2.34. The predicted octanol–water partition coefficient (Wildman–Crippen LogP) is 0.414. The molecular weight excluding hydrogens is 232 g/mol. The first-order valence-corrected chi connectivity index (χ1v) is 6.42. The number of nitrogens with zero attached hydrogens (tertiary/aromatic N) is 1. The standard InChI is InChI=1S/C9H20N2O4S/c1-7(2)10-16(14,15)11(6-8(12)13)9(3,4)5/h7,10H,6H2,1-5H3,(H,12,13). The zero-order valence-electron chi connectivity index (χ0n) is 10.3. The first-order valence-electron chi connectivity index (χ1n) is 4.98. The molecule has 0 fully saturated rings. The number of carboxylic acids is 1. The number of rotatable bonds is 5. The van der Waals surface area contributed by atoms with Gasteiger partial charge in [-0.1, -0.05) is 0 Å². The third-order valence-electron chi connectivity index (χ3n) is 1.70. The Kier molecular flexibility index (Phi) is 4.90. The van der Waals surface area contributed by atoms with Crippen molar-refractivity contribution in [3.63, 3.8) is 0 Å². The van der Waals surface area contributed by atoms with Crippen LogP contribution in [-0.2, 0) is 15.0 Å². The van der Waals surface area contributed by atoms with E-state index in [2.05, 4.69) is 4.72 Å². The molecule has 0 bridgehead atoms. The highest BCUT2D eigenvalue weighted by atomic mass is 32.2. The molecule has 6 nitrogen and oxygen atoms in total.